The van der Waals surface area contributed by atoms with Crippen LogP contribution in [0.4, 0.5) is 5.95 Å². The molecule has 8 nitrogen and oxygen atoms in total. The number of rotatable bonds is 4. The number of carbonyl (C=O) groups is 1. The Labute approximate surface area is 139 Å². The highest BCUT2D eigenvalue weighted by atomic mass is 16.5. The number of nitrogens with zero attached hydrogens (tertiary/aromatic N) is 3. The number of ether oxygens (including phenoxy) is 3. The van der Waals surface area contributed by atoms with Crippen LogP contribution in [0, 0.1) is 0 Å². The minimum absolute atomic E-state index is 0.430. The lowest BCUT2D eigenvalue weighted by Crippen LogP contribution is -2.29. The minimum atomic E-state index is -0.476. The zero-order valence-corrected chi connectivity index (χ0v) is 13.9. The van der Waals surface area contributed by atoms with Gasteiger partial charge in [-0.25, -0.2) is 9.48 Å². The zero-order chi connectivity index (χ0) is 17.3. The molecule has 0 radical (unpaired) electrons. The summed E-state index contributed by atoms with van der Waals surface area (Å²) >= 11 is 0. The molecule has 24 heavy (non-hydrogen) atoms. The number of allylic oxidation sites excluding steroid dienone is 1. The minimum Gasteiger partial charge on any atom is -0.493 e. The van der Waals surface area contributed by atoms with Crippen molar-refractivity contribution < 1.29 is 19.0 Å². The topological polar surface area (TPSA) is 87.5 Å². The molecule has 0 bridgehead atoms. The van der Waals surface area contributed by atoms with Crippen molar-refractivity contribution in [2.75, 3.05) is 26.6 Å². The lowest BCUT2D eigenvalue weighted by molar-refractivity contribution is -0.136. The van der Waals surface area contributed by atoms with E-state index in [4.69, 9.17) is 14.2 Å². The summed E-state index contributed by atoms with van der Waals surface area (Å²) in [6.07, 6.45) is 1.43. The smallest absolute Gasteiger partial charge is 0.338 e. The Balaban J connectivity index is 2.18. The summed E-state index contributed by atoms with van der Waals surface area (Å²) in [6, 6.07) is 4.99. The second-order valence-electron chi connectivity index (χ2n) is 5.20. The third kappa shape index (κ3) is 2.45. The Bertz CT molecular complexity index is 812. The number of hydrogen-bond acceptors (Lipinski definition) is 7. The first-order valence-electron chi connectivity index (χ1n) is 7.28. The van der Waals surface area contributed by atoms with E-state index < -0.39 is 12.0 Å². The van der Waals surface area contributed by atoms with Crippen molar-refractivity contribution in [3.05, 3.63) is 41.4 Å². The van der Waals surface area contributed by atoms with E-state index in [1.807, 2.05) is 12.1 Å². The first-order chi connectivity index (χ1) is 11.6. The molecule has 1 aliphatic rings. The molecule has 0 spiro atoms. The van der Waals surface area contributed by atoms with Gasteiger partial charge in [-0.3, -0.25) is 0 Å². The van der Waals surface area contributed by atoms with E-state index in [1.165, 1.54) is 13.4 Å². The van der Waals surface area contributed by atoms with Crippen molar-refractivity contribution in [2.45, 2.75) is 13.0 Å². The fourth-order valence-corrected chi connectivity index (χ4v) is 2.80. The molecular weight excluding hydrogens is 312 g/mol. The second kappa shape index (κ2) is 6.23. The normalized spacial score (nSPS) is 16.2. The third-order valence-corrected chi connectivity index (χ3v) is 3.92. The fraction of sp³-hybridized carbons (Fsp3) is 0.312. The maximum absolute atomic E-state index is 12.3. The predicted molar refractivity (Wildman–Crippen MR) is 86.0 cm³/mol. The van der Waals surface area contributed by atoms with Crippen LogP contribution in [-0.4, -0.2) is 42.1 Å². The Morgan fingerprint density at radius 1 is 1.21 bits per heavy atom. The molecule has 1 atom stereocenters. The van der Waals surface area contributed by atoms with E-state index in [9.17, 15) is 4.79 Å². The van der Waals surface area contributed by atoms with Crippen molar-refractivity contribution in [1.29, 1.82) is 0 Å². The molecule has 0 saturated carbocycles. The van der Waals surface area contributed by atoms with Crippen LogP contribution in [0.25, 0.3) is 0 Å². The molecule has 2 aromatic rings. The molecule has 1 aromatic heterocycles. The zero-order valence-electron chi connectivity index (χ0n) is 13.9. The van der Waals surface area contributed by atoms with Gasteiger partial charge in [0.1, 0.15) is 12.4 Å². The van der Waals surface area contributed by atoms with E-state index in [1.54, 1.807) is 31.9 Å². The lowest BCUT2D eigenvalue weighted by atomic mass is 9.95. The highest BCUT2D eigenvalue weighted by Gasteiger charge is 2.34. The average molecular weight is 330 g/mol. The summed E-state index contributed by atoms with van der Waals surface area (Å²) in [4.78, 5) is 16.5. The van der Waals surface area contributed by atoms with Gasteiger partial charge in [0, 0.05) is 5.70 Å². The standard InChI is InChI=1S/C16H18N4O4/c1-9-13(15(21)24-4)14(20-16(19-9)17-8-18-20)10-5-6-11(22-2)12(7-10)23-3/h5-8,14H,1-4H3,(H,17,18,19). The summed E-state index contributed by atoms with van der Waals surface area (Å²) in [5, 5.41) is 7.31. The summed E-state index contributed by atoms with van der Waals surface area (Å²) < 4.78 is 17.2. The average Bonchev–Trinajstić information content (AvgIpc) is 3.07. The molecule has 1 N–H and O–H groups in total. The van der Waals surface area contributed by atoms with Crippen LogP contribution in [-0.2, 0) is 9.53 Å². The van der Waals surface area contributed by atoms with Crippen LogP contribution in [0.5, 0.6) is 11.5 Å². The number of esters is 1. The molecule has 0 fully saturated rings. The highest BCUT2D eigenvalue weighted by Crippen LogP contribution is 2.38. The Hall–Kier alpha value is -3.03. The Kier molecular flexibility index (Phi) is 4.11. The molecule has 0 amide bonds. The van der Waals surface area contributed by atoms with E-state index in [2.05, 4.69) is 15.4 Å². The molecule has 0 aliphatic carbocycles. The number of fused-ring (bicyclic) bond motifs is 1. The predicted octanol–water partition coefficient (Wildman–Crippen LogP) is 1.76. The van der Waals surface area contributed by atoms with Crippen LogP contribution >= 0.6 is 0 Å². The molecule has 1 aliphatic heterocycles. The lowest BCUT2D eigenvalue weighted by Gasteiger charge is -2.28. The van der Waals surface area contributed by atoms with Crippen LogP contribution in [0.3, 0.4) is 0 Å². The second-order valence-corrected chi connectivity index (χ2v) is 5.20. The third-order valence-electron chi connectivity index (χ3n) is 3.92. The Morgan fingerprint density at radius 3 is 2.62 bits per heavy atom. The van der Waals surface area contributed by atoms with Gasteiger partial charge in [-0.05, 0) is 24.6 Å². The summed E-state index contributed by atoms with van der Waals surface area (Å²) in [7, 11) is 4.49. The quantitative estimate of drug-likeness (QED) is 0.855. The number of benzene rings is 1. The molecule has 2 heterocycles. The van der Waals surface area contributed by atoms with Gasteiger partial charge in [0.05, 0.1) is 26.9 Å². The molecule has 126 valence electrons. The van der Waals surface area contributed by atoms with Crippen LogP contribution in [0.15, 0.2) is 35.8 Å². The van der Waals surface area contributed by atoms with E-state index in [0.29, 0.717) is 28.7 Å². The molecule has 0 saturated heterocycles. The molecule has 1 unspecified atom stereocenters. The number of aromatic nitrogens is 3. The van der Waals surface area contributed by atoms with Crippen LogP contribution in [0.2, 0.25) is 0 Å². The van der Waals surface area contributed by atoms with E-state index >= 15 is 0 Å². The largest absolute Gasteiger partial charge is 0.493 e. The number of methoxy groups -OCH3 is 3. The summed E-state index contributed by atoms with van der Waals surface area (Å²) in [6.45, 7) is 1.80. The van der Waals surface area contributed by atoms with Crippen molar-refractivity contribution in [3.8, 4) is 11.5 Å². The first kappa shape index (κ1) is 15.9. The Morgan fingerprint density at radius 2 is 1.96 bits per heavy atom. The maximum Gasteiger partial charge on any atom is 0.338 e. The summed E-state index contributed by atoms with van der Waals surface area (Å²) in [5.41, 5.74) is 1.94. The summed E-state index contributed by atoms with van der Waals surface area (Å²) in [5.74, 6) is 1.30. The van der Waals surface area contributed by atoms with Gasteiger partial charge in [-0.1, -0.05) is 6.07 Å². The van der Waals surface area contributed by atoms with Crippen LogP contribution < -0.4 is 14.8 Å². The monoisotopic (exact) mass is 330 g/mol. The molecular formula is C16H18N4O4. The molecule has 8 heteroatoms. The number of anilines is 1. The van der Waals surface area contributed by atoms with Crippen molar-refractivity contribution in [2.24, 2.45) is 0 Å². The van der Waals surface area contributed by atoms with E-state index in [-0.39, 0.29) is 0 Å². The van der Waals surface area contributed by atoms with Gasteiger partial charge in [0.2, 0.25) is 5.95 Å². The number of carbonyl (C=O) groups excluding carboxylic acids is 1. The van der Waals surface area contributed by atoms with Crippen molar-refractivity contribution >= 4 is 11.9 Å². The van der Waals surface area contributed by atoms with Crippen LogP contribution in [0.1, 0.15) is 18.5 Å². The van der Waals surface area contributed by atoms with E-state index in [0.717, 1.165) is 5.56 Å². The van der Waals surface area contributed by atoms with Crippen molar-refractivity contribution in [3.63, 3.8) is 0 Å². The van der Waals surface area contributed by atoms with Crippen molar-refractivity contribution in [1.82, 2.24) is 14.8 Å². The van der Waals surface area contributed by atoms with Gasteiger partial charge in [-0.2, -0.15) is 10.1 Å². The SMILES string of the molecule is COC(=O)C1=C(C)Nc2ncnn2C1c1ccc(OC)c(OC)c1. The maximum atomic E-state index is 12.3. The van der Waals surface area contributed by atoms with Gasteiger partial charge in [0.15, 0.2) is 11.5 Å². The van der Waals surface area contributed by atoms with Gasteiger partial charge >= 0.3 is 5.97 Å². The molecule has 1 aromatic carbocycles. The number of hydrogen-bond donors (Lipinski definition) is 1. The van der Waals surface area contributed by atoms with Gasteiger partial charge in [-0.15, -0.1) is 0 Å². The molecule has 3 rings (SSSR count). The van der Waals surface area contributed by atoms with Gasteiger partial charge in [0.25, 0.3) is 0 Å². The number of nitrogens with one attached hydrogen (secondary N) is 1. The highest BCUT2D eigenvalue weighted by molar-refractivity contribution is 5.92. The first-order valence-corrected chi connectivity index (χ1v) is 7.28. The fourth-order valence-electron chi connectivity index (χ4n) is 2.80. The van der Waals surface area contributed by atoms with Gasteiger partial charge < -0.3 is 19.5 Å².